The molecule has 0 saturated carbocycles. The minimum absolute atomic E-state index is 0.0981. The molecular weight excluding hydrogens is 256 g/mol. The van der Waals surface area contributed by atoms with Crippen LogP contribution in [0, 0.1) is 0 Å². The second kappa shape index (κ2) is 4.84. The fraction of sp³-hybridized carbons (Fsp3) is 0.786. The lowest BCUT2D eigenvalue weighted by Gasteiger charge is -2.30. The number of fused-ring (bicyclic) bond motifs is 1. The highest BCUT2D eigenvalue weighted by Crippen LogP contribution is 2.32. The van der Waals surface area contributed by atoms with Crippen molar-refractivity contribution in [2.45, 2.75) is 45.1 Å². The summed E-state index contributed by atoms with van der Waals surface area (Å²) in [6, 6.07) is -0.132. The minimum atomic E-state index is -0.132. The number of carbonyl (C=O) groups is 1. The number of aromatic nitrogens is 3. The van der Waals surface area contributed by atoms with E-state index in [1.807, 2.05) is 4.90 Å². The Labute approximate surface area is 119 Å². The van der Waals surface area contributed by atoms with Crippen LogP contribution >= 0.6 is 0 Å². The second-order valence-corrected chi connectivity index (χ2v) is 6.55. The molecule has 3 rings (SSSR count). The number of aryl methyl sites for hydroxylation is 1. The maximum Gasteiger partial charge on any atom is 0.245 e. The number of hydrogen-bond donors (Lipinski definition) is 0. The summed E-state index contributed by atoms with van der Waals surface area (Å²) in [5.41, 5.74) is -0.0981. The molecule has 0 aliphatic carbocycles. The van der Waals surface area contributed by atoms with Crippen molar-refractivity contribution >= 4 is 5.91 Å². The molecule has 6 nitrogen and oxygen atoms in total. The molecule has 1 amide bonds. The number of carbonyl (C=O) groups excluding carboxylic acids is 1. The van der Waals surface area contributed by atoms with E-state index in [1.54, 1.807) is 0 Å². The van der Waals surface area contributed by atoms with Gasteiger partial charge in [0.05, 0.1) is 13.2 Å². The maximum atomic E-state index is 12.7. The van der Waals surface area contributed by atoms with Crippen molar-refractivity contribution < 1.29 is 9.53 Å². The van der Waals surface area contributed by atoms with Crippen molar-refractivity contribution in [3.8, 4) is 0 Å². The van der Waals surface area contributed by atoms with E-state index in [0.29, 0.717) is 26.3 Å². The Morgan fingerprint density at radius 1 is 1.25 bits per heavy atom. The van der Waals surface area contributed by atoms with Crippen LogP contribution in [0.4, 0.5) is 0 Å². The van der Waals surface area contributed by atoms with Crippen LogP contribution < -0.4 is 0 Å². The van der Waals surface area contributed by atoms with E-state index >= 15 is 0 Å². The number of amides is 1. The molecule has 0 aromatic carbocycles. The monoisotopic (exact) mass is 278 g/mol. The Hall–Kier alpha value is -1.43. The Morgan fingerprint density at radius 3 is 2.60 bits per heavy atom. The van der Waals surface area contributed by atoms with Crippen LogP contribution in [-0.2, 0) is 21.4 Å². The topological polar surface area (TPSA) is 60.2 Å². The molecule has 2 aliphatic heterocycles. The molecule has 1 fully saturated rings. The molecule has 2 aliphatic rings. The number of morpholine rings is 1. The summed E-state index contributed by atoms with van der Waals surface area (Å²) in [7, 11) is 0. The van der Waals surface area contributed by atoms with Crippen LogP contribution in [0.3, 0.4) is 0 Å². The van der Waals surface area contributed by atoms with Gasteiger partial charge in [0.15, 0.2) is 0 Å². The van der Waals surface area contributed by atoms with Gasteiger partial charge in [0, 0.05) is 24.9 Å². The average molecular weight is 278 g/mol. The molecule has 0 spiro atoms. The maximum absolute atomic E-state index is 12.7. The third-order valence-corrected chi connectivity index (χ3v) is 4.00. The first-order chi connectivity index (χ1) is 9.48. The predicted octanol–water partition coefficient (Wildman–Crippen LogP) is 0.922. The molecule has 20 heavy (non-hydrogen) atoms. The minimum Gasteiger partial charge on any atom is -0.378 e. The smallest absolute Gasteiger partial charge is 0.245 e. The van der Waals surface area contributed by atoms with E-state index in [9.17, 15) is 4.79 Å². The highest BCUT2D eigenvalue weighted by atomic mass is 16.5. The normalized spacial score (nSPS) is 22.9. The van der Waals surface area contributed by atoms with Crippen molar-refractivity contribution in [1.29, 1.82) is 0 Å². The molecule has 1 aromatic rings. The fourth-order valence-electron chi connectivity index (χ4n) is 2.96. The zero-order valence-corrected chi connectivity index (χ0v) is 12.4. The summed E-state index contributed by atoms with van der Waals surface area (Å²) in [6.45, 7) is 8.99. The fourth-order valence-corrected chi connectivity index (χ4v) is 2.96. The van der Waals surface area contributed by atoms with Gasteiger partial charge in [-0.25, -0.2) is 0 Å². The van der Waals surface area contributed by atoms with Gasteiger partial charge in [-0.3, -0.25) is 4.79 Å². The van der Waals surface area contributed by atoms with Crippen LogP contribution in [0.2, 0.25) is 0 Å². The van der Waals surface area contributed by atoms with E-state index in [2.05, 4.69) is 35.5 Å². The third-order valence-electron chi connectivity index (χ3n) is 4.00. The first kappa shape index (κ1) is 13.5. The standard InChI is InChI=1S/C14H22N4O2/c1-14(2,3)13-16-15-11-5-4-10(18(11)13)12(19)17-6-8-20-9-7-17/h10H,4-9H2,1-3H3. The van der Waals surface area contributed by atoms with Crippen molar-refractivity contribution in [3.63, 3.8) is 0 Å². The number of ether oxygens (including phenoxy) is 1. The van der Waals surface area contributed by atoms with Crippen molar-refractivity contribution in [1.82, 2.24) is 19.7 Å². The van der Waals surface area contributed by atoms with Crippen LogP contribution in [-0.4, -0.2) is 51.9 Å². The zero-order valence-electron chi connectivity index (χ0n) is 12.4. The molecule has 1 aromatic heterocycles. The summed E-state index contributed by atoms with van der Waals surface area (Å²) in [5.74, 6) is 2.05. The van der Waals surface area contributed by atoms with Gasteiger partial charge >= 0.3 is 0 Å². The number of hydrogen-bond acceptors (Lipinski definition) is 4. The number of nitrogens with zero attached hydrogens (tertiary/aromatic N) is 4. The summed E-state index contributed by atoms with van der Waals surface area (Å²) in [5, 5.41) is 8.56. The Balaban J connectivity index is 1.88. The van der Waals surface area contributed by atoms with Gasteiger partial charge in [0.25, 0.3) is 0 Å². The molecule has 1 atom stereocenters. The molecule has 1 saturated heterocycles. The van der Waals surface area contributed by atoms with Gasteiger partial charge in [-0.05, 0) is 6.42 Å². The molecule has 0 bridgehead atoms. The molecule has 6 heteroatoms. The largest absolute Gasteiger partial charge is 0.378 e. The van der Waals surface area contributed by atoms with Gasteiger partial charge in [-0.1, -0.05) is 20.8 Å². The lowest BCUT2D eigenvalue weighted by atomic mass is 9.95. The lowest BCUT2D eigenvalue weighted by Crippen LogP contribution is -2.44. The first-order valence-electron chi connectivity index (χ1n) is 7.29. The highest BCUT2D eigenvalue weighted by molar-refractivity contribution is 5.81. The van der Waals surface area contributed by atoms with Gasteiger partial charge < -0.3 is 14.2 Å². The summed E-state index contributed by atoms with van der Waals surface area (Å²) < 4.78 is 7.39. The van der Waals surface area contributed by atoms with Crippen molar-refractivity contribution in [3.05, 3.63) is 11.6 Å². The van der Waals surface area contributed by atoms with Crippen LogP contribution in [0.5, 0.6) is 0 Å². The third kappa shape index (κ3) is 2.22. The second-order valence-electron chi connectivity index (χ2n) is 6.55. The summed E-state index contributed by atoms with van der Waals surface area (Å²) in [6.07, 6.45) is 1.67. The van der Waals surface area contributed by atoms with Crippen molar-refractivity contribution in [2.24, 2.45) is 0 Å². The Morgan fingerprint density at radius 2 is 1.95 bits per heavy atom. The first-order valence-corrected chi connectivity index (χ1v) is 7.29. The molecule has 3 heterocycles. The Bertz CT molecular complexity index is 512. The Kier molecular flexibility index (Phi) is 3.28. The van der Waals surface area contributed by atoms with E-state index < -0.39 is 0 Å². The SMILES string of the molecule is CC(C)(C)c1nnc2n1C(C(=O)N1CCOCC1)CC2. The summed E-state index contributed by atoms with van der Waals surface area (Å²) in [4.78, 5) is 14.6. The molecule has 0 radical (unpaired) electrons. The van der Waals surface area contributed by atoms with Crippen molar-refractivity contribution in [2.75, 3.05) is 26.3 Å². The molecule has 1 unspecified atom stereocenters. The van der Waals surface area contributed by atoms with E-state index in [4.69, 9.17) is 4.74 Å². The number of rotatable bonds is 1. The van der Waals surface area contributed by atoms with E-state index in [-0.39, 0.29) is 17.4 Å². The van der Waals surface area contributed by atoms with Gasteiger partial charge in [-0.2, -0.15) is 0 Å². The predicted molar refractivity (Wildman–Crippen MR) is 73.5 cm³/mol. The summed E-state index contributed by atoms with van der Waals surface area (Å²) >= 11 is 0. The molecule has 110 valence electrons. The van der Waals surface area contributed by atoms with Crippen LogP contribution in [0.15, 0.2) is 0 Å². The van der Waals surface area contributed by atoms with Crippen LogP contribution in [0.1, 0.15) is 44.9 Å². The van der Waals surface area contributed by atoms with E-state index in [1.165, 1.54) is 0 Å². The molecular formula is C14H22N4O2. The average Bonchev–Trinajstić information content (AvgIpc) is 2.98. The molecule has 0 N–H and O–H groups in total. The van der Waals surface area contributed by atoms with Gasteiger partial charge in [0.1, 0.15) is 17.7 Å². The highest BCUT2D eigenvalue weighted by Gasteiger charge is 2.37. The van der Waals surface area contributed by atoms with Crippen LogP contribution in [0.25, 0.3) is 0 Å². The quantitative estimate of drug-likeness (QED) is 0.766. The lowest BCUT2D eigenvalue weighted by molar-refractivity contribution is -0.138. The van der Waals surface area contributed by atoms with Gasteiger partial charge in [0.2, 0.25) is 5.91 Å². The van der Waals surface area contributed by atoms with E-state index in [0.717, 1.165) is 24.5 Å². The zero-order chi connectivity index (χ0) is 14.3. The van der Waals surface area contributed by atoms with Gasteiger partial charge in [-0.15, -0.1) is 10.2 Å².